The van der Waals surface area contributed by atoms with Gasteiger partial charge in [0.1, 0.15) is 0 Å². The van der Waals surface area contributed by atoms with Crippen LogP contribution in [0.1, 0.15) is 52.7 Å². The molecule has 0 radical (unpaired) electrons. The van der Waals surface area contributed by atoms with Crippen molar-refractivity contribution in [2.75, 3.05) is 0 Å². The van der Waals surface area contributed by atoms with Crippen LogP contribution in [0, 0.1) is 0 Å². The summed E-state index contributed by atoms with van der Waals surface area (Å²) in [4.78, 5) is 0. The normalized spacial score (nSPS) is 12.1. The van der Waals surface area contributed by atoms with E-state index in [9.17, 15) is 5.11 Å². The summed E-state index contributed by atoms with van der Waals surface area (Å²) in [6, 6.07) is 5.70. The van der Waals surface area contributed by atoms with Gasteiger partial charge in [0, 0.05) is 0 Å². The van der Waals surface area contributed by atoms with E-state index in [1.807, 2.05) is 6.07 Å². The minimum Gasteiger partial charge on any atom is -0.872 e. The van der Waals surface area contributed by atoms with E-state index < -0.39 is 0 Å². The molecule has 2 heteroatoms. The molecule has 0 heterocycles. The van der Waals surface area contributed by atoms with Crippen LogP contribution >= 0.6 is 0 Å². The standard InChI is InChI=1S/C14H22O.K/c1-13(2,3)10-7-8-12(15)11(9-10)14(4,5)6;/h7-9,15H,1-6H3;/q;+1/p-1. The quantitative estimate of drug-likeness (QED) is 0.604. The molecular formula is C14H21KO. The summed E-state index contributed by atoms with van der Waals surface area (Å²) in [6.45, 7) is 12.7. The molecule has 0 bridgehead atoms. The third kappa shape index (κ3) is 4.15. The van der Waals surface area contributed by atoms with Crippen molar-refractivity contribution >= 4 is 0 Å². The maximum absolute atomic E-state index is 11.7. The van der Waals surface area contributed by atoms with E-state index in [0.717, 1.165) is 5.56 Å². The van der Waals surface area contributed by atoms with Gasteiger partial charge in [0.25, 0.3) is 0 Å². The van der Waals surface area contributed by atoms with Crippen LogP contribution in [-0.2, 0) is 10.8 Å². The van der Waals surface area contributed by atoms with Gasteiger partial charge >= 0.3 is 51.4 Å². The SMILES string of the molecule is CC(C)(C)c1ccc([O-])c(C(C)(C)C)c1.[K+]. The Balaban J connectivity index is 0.00000225. The van der Waals surface area contributed by atoms with Gasteiger partial charge in [-0.1, -0.05) is 65.3 Å². The Morgan fingerprint density at radius 2 is 1.38 bits per heavy atom. The summed E-state index contributed by atoms with van der Waals surface area (Å²) >= 11 is 0. The molecule has 0 saturated carbocycles. The molecule has 0 unspecified atom stereocenters. The predicted octanol–water partition coefficient (Wildman–Crippen LogP) is 0.359. The predicted molar refractivity (Wildman–Crippen MR) is 63.3 cm³/mol. The molecule has 84 valence electrons. The zero-order valence-electron chi connectivity index (χ0n) is 11.6. The molecule has 0 saturated heterocycles. The molecule has 0 spiro atoms. The van der Waals surface area contributed by atoms with Gasteiger partial charge < -0.3 is 5.11 Å². The van der Waals surface area contributed by atoms with E-state index in [1.165, 1.54) is 5.56 Å². The van der Waals surface area contributed by atoms with E-state index in [-0.39, 0.29) is 68.0 Å². The molecule has 16 heavy (non-hydrogen) atoms. The topological polar surface area (TPSA) is 23.1 Å². The first-order valence-corrected chi connectivity index (χ1v) is 5.44. The van der Waals surface area contributed by atoms with Gasteiger partial charge in [0.2, 0.25) is 0 Å². The molecule has 1 nitrogen and oxygen atoms in total. The molecule has 0 amide bonds. The molecule has 0 aliphatic carbocycles. The summed E-state index contributed by atoms with van der Waals surface area (Å²) in [6.07, 6.45) is 0. The average Bonchev–Trinajstić information content (AvgIpc) is 2.00. The van der Waals surface area contributed by atoms with Crippen LogP contribution in [0.4, 0.5) is 0 Å². The third-order valence-corrected chi connectivity index (χ3v) is 2.65. The molecule has 0 N–H and O–H groups in total. The van der Waals surface area contributed by atoms with Crippen molar-refractivity contribution in [2.24, 2.45) is 0 Å². The van der Waals surface area contributed by atoms with Crippen LogP contribution in [-0.4, -0.2) is 0 Å². The first-order chi connectivity index (χ1) is 6.62. The zero-order valence-corrected chi connectivity index (χ0v) is 14.8. The Labute approximate surface area is 142 Å². The number of hydrogen-bond donors (Lipinski definition) is 0. The van der Waals surface area contributed by atoms with Crippen LogP contribution in [0.5, 0.6) is 5.75 Å². The molecule has 0 aliphatic rings. The second-order valence-corrected chi connectivity index (χ2v) is 6.21. The first kappa shape index (κ1) is 16.7. The second-order valence-electron chi connectivity index (χ2n) is 6.21. The van der Waals surface area contributed by atoms with Crippen molar-refractivity contribution < 1.29 is 56.5 Å². The summed E-state index contributed by atoms with van der Waals surface area (Å²) in [5.41, 5.74) is 2.17. The largest absolute Gasteiger partial charge is 1.00 e. The van der Waals surface area contributed by atoms with Crippen LogP contribution in [0.2, 0.25) is 0 Å². The second kappa shape index (κ2) is 5.53. The van der Waals surface area contributed by atoms with E-state index in [2.05, 4.69) is 47.6 Å². The van der Waals surface area contributed by atoms with E-state index in [0.29, 0.717) is 0 Å². The Hall–Kier alpha value is 0.656. The summed E-state index contributed by atoms with van der Waals surface area (Å²) < 4.78 is 0. The van der Waals surface area contributed by atoms with E-state index in [1.54, 1.807) is 6.07 Å². The third-order valence-electron chi connectivity index (χ3n) is 2.65. The first-order valence-electron chi connectivity index (χ1n) is 5.44. The molecule has 1 aromatic carbocycles. The van der Waals surface area contributed by atoms with Crippen LogP contribution in [0.15, 0.2) is 18.2 Å². The summed E-state index contributed by atoms with van der Waals surface area (Å²) in [7, 11) is 0. The Bertz CT molecular complexity index is 356. The fraction of sp³-hybridized carbons (Fsp3) is 0.571. The zero-order chi connectivity index (χ0) is 11.9. The molecular weight excluding hydrogens is 223 g/mol. The number of benzene rings is 1. The van der Waals surface area contributed by atoms with Gasteiger partial charge in [-0.25, -0.2) is 0 Å². The van der Waals surface area contributed by atoms with Crippen molar-refractivity contribution in [2.45, 2.75) is 52.4 Å². The monoisotopic (exact) mass is 244 g/mol. The molecule has 0 aromatic heterocycles. The van der Waals surface area contributed by atoms with Crippen LogP contribution in [0.25, 0.3) is 0 Å². The Kier molecular flexibility index (Phi) is 5.76. The van der Waals surface area contributed by atoms with Gasteiger partial charge in [-0.3, -0.25) is 0 Å². The van der Waals surface area contributed by atoms with Crippen LogP contribution in [0.3, 0.4) is 0 Å². The Morgan fingerprint density at radius 3 is 1.75 bits per heavy atom. The average molecular weight is 244 g/mol. The van der Waals surface area contributed by atoms with E-state index in [4.69, 9.17) is 0 Å². The van der Waals surface area contributed by atoms with Gasteiger partial charge in [-0.15, -0.1) is 5.75 Å². The van der Waals surface area contributed by atoms with Gasteiger partial charge in [-0.05, 0) is 16.4 Å². The van der Waals surface area contributed by atoms with Crippen molar-refractivity contribution in [1.29, 1.82) is 0 Å². The smallest absolute Gasteiger partial charge is 0.872 e. The molecule has 0 aliphatic heterocycles. The Morgan fingerprint density at radius 1 is 0.875 bits per heavy atom. The van der Waals surface area contributed by atoms with Gasteiger partial charge in [0.05, 0.1) is 0 Å². The van der Waals surface area contributed by atoms with Crippen molar-refractivity contribution in [3.8, 4) is 5.75 Å². The van der Waals surface area contributed by atoms with Crippen LogP contribution < -0.4 is 56.5 Å². The van der Waals surface area contributed by atoms with Gasteiger partial charge in [0.15, 0.2) is 0 Å². The minimum absolute atomic E-state index is 0. The van der Waals surface area contributed by atoms with Crippen molar-refractivity contribution in [3.63, 3.8) is 0 Å². The maximum atomic E-state index is 11.7. The van der Waals surface area contributed by atoms with E-state index >= 15 is 0 Å². The van der Waals surface area contributed by atoms with Crippen molar-refractivity contribution in [3.05, 3.63) is 29.3 Å². The number of rotatable bonds is 0. The molecule has 1 rings (SSSR count). The van der Waals surface area contributed by atoms with Gasteiger partial charge in [-0.2, -0.15) is 0 Å². The molecule has 1 aromatic rings. The summed E-state index contributed by atoms with van der Waals surface area (Å²) in [5.74, 6) is 0.149. The minimum atomic E-state index is -0.0711. The fourth-order valence-electron chi connectivity index (χ4n) is 1.58. The fourth-order valence-corrected chi connectivity index (χ4v) is 1.58. The maximum Gasteiger partial charge on any atom is 1.00 e. The summed E-state index contributed by atoms with van der Waals surface area (Å²) in [5, 5.41) is 11.7. The molecule has 0 fully saturated rings. The number of hydrogen-bond acceptors (Lipinski definition) is 1. The molecule has 0 atom stereocenters. The van der Waals surface area contributed by atoms with Crippen molar-refractivity contribution in [1.82, 2.24) is 0 Å².